The third-order valence-electron chi connectivity index (χ3n) is 1.78. The second-order valence-corrected chi connectivity index (χ2v) is 2.86. The lowest BCUT2D eigenvalue weighted by Gasteiger charge is -2.11. The maximum atomic E-state index is 11.4. The van der Waals surface area contributed by atoms with Crippen LogP contribution in [0.25, 0.3) is 0 Å². The van der Waals surface area contributed by atoms with E-state index in [9.17, 15) is 9.59 Å². The zero-order valence-electron chi connectivity index (χ0n) is 7.80. The summed E-state index contributed by atoms with van der Waals surface area (Å²) in [6.45, 7) is -0.303. The number of carboxylic acid groups (broad SMARTS) is 1. The molecule has 1 rings (SSSR count). The van der Waals surface area contributed by atoms with Crippen molar-refractivity contribution in [1.82, 2.24) is 15.5 Å². The van der Waals surface area contributed by atoms with Crippen molar-refractivity contribution in [1.29, 1.82) is 0 Å². The molecule has 0 bridgehead atoms. The Kier molecular flexibility index (Phi) is 3.81. The Bertz CT molecular complexity index is 336. The summed E-state index contributed by atoms with van der Waals surface area (Å²) in [6, 6.07) is -1.09. The number of aromatic amines is 1. The molecule has 4 N–H and O–H groups in total. The van der Waals surface area contributed by atoms with Gasteiger partial charge >= 0.3 is 5.97 Å². The van der Waals surface area contributed by atoms with Crippen molar-refractivity contribution in [2.45, 2.75) is 12.5 Å². The van der Waals surface area contributed by atoms with Crippen LogP contribution in [0, 0.1) is 0 Å². The number of rotatable bonds is 5. The van der Waals surface area contributed by atoms with Gasteiger partial charge in [0, 0.05) is 19.2 Å². The molecule has 1 aromatic heterocycles. The summed E-state index contributed by atoms with van der Waals surface area (Å²) in [6.07, 6.45) is 2.61. The molecular formula is C8H11N3O4. The highest BCUT2D eigenvalue weighted by molar-refractivity contribution is 5.96. The predicted molar refractivity (Wildman–Crippen MR) is 49.2 cm³/mol. The van der Waals surface area contributed by atoms with Crippen LogP contribution < -0.4 is 5.32 Å². The van der Waals surface area contributed by atoms with Crippen LogP contribution in [0.3, 0.4) is 0 Å². The fraction of sp³-hybridized carbons (Fsp3) is 0.375. The molecule has 1 unspecified atom stereocenters. The van der Waals surface area contributed by atoms with Gasteiger partial charge in [-0.25, -0.2) is 4.79 Å². The minimum absolute atomic E-state index is 0.0288. The van der Waals surface area contributed by atoms with E-state index in [1.165, 1.54) is 12.4 Å². The number of H-pyrrole nitrogens is 1. The monoisotopic (exact) mass is 213 g/mol. The maximum absolute atomic E-state index is 11.4. The zero-order valence-corrected chi connectivity index (χ0v) is 7.80. The highest BCUT2D eigenvalue weighted by Crippen LogP contribution is 1.97. The number of amides is 1. The number of nitrogens with one attached hydrogen (secondary N) is 2. The molecular weight excluding hydrogens is 202 g/mol. The second-order valence-electron chi connectivity index (χ2n) is 2.86. The maximum Gasteiger partial charge on any atom is 0.326 e. The highest BCUT2D eigenvalue weighted by Gasteiger charge is 2.20. The van der Waals surface area contributed by atoms with Crippen LogP contribution in [-0.2, 0) is 4.79 Å². The van der Waals surface area contributed by atoms with E-state index in [4.69, 9.17) is 10.2 Å². The molecule has 0 saturated carbocycles. The van der Waals surface area contributed by atoms with Crippen molar-refractivity contribution < 1.29 is 19.8 Å². The number of carbonyl (C=O) groups is 2. The first-order chi connectivity index (χ1) is 7.15. The van der Waals surface area contributed by atoms with Crippen LogP contribution in [-0.4, -0.2) is 44.9 Å². The van der Waals surface area contributed by atoms with Gasteiger partial charge < -0.3 is 15.5 Å². The van der Waals surface area contributed by atoms with E-state index in [1.807, 2.05) is 0 Å². The van der Waals surface area contributed by atoms with Crippen molar-refractivity contribution in [2.75, 3.05) is 6.61 Å². The van der Waals surface area contributed by atoms with Gasteiger partial charge in [0.25, 0.3) is 5.91 Å². The molecule has 0 saturated heterocycles. The highest BCUT2D eigenvalue weighted by atomic mass is 16.4. The molecule has 1 heterocycles. The predicted octanol–water partition coefficient (Wildman–Crippen LogP) is -1.02. The Hall–Kier alpha value is -1.89. The molecule has 7 heteroatoms. The van der Waals surface area contributed by atoms with Gasteiger partial charge in [0.1, 0.15) is 6.04 Å². The third-order valence-corrected chi connectivity index (χ3v) is 1.78. The lowest BCUT2D eigenvalue weighted by molar-refractivity contribution is -0.139. The molecule has 1 amide bonds. The fourth-order valence-electron chi connectivity index (χ4n) is 1.00. The van der Waals surface area contributed by atoms with Gasteiger partial charge in [-0.1, -0.05) is 0 Å². The molecule has 0 aliphatic rings. The SMILES string of the molecule is O=C(NC(CCO)C(=O)O)c1cn[nH]c1. The van der Waals surface area contributed by atoms with E-state index >= 15 is 0 Å². The summed E-state index contributed by atoms with van der Waals surface area (Å²) >= 11 is 0. The molecule has 0 aromatic carbocycles. The minimum Gasteiger partial charge on any atom is -0.480 e. The smallest absolute Gasteiger partial charge is 0.326 e. The largest absolute Gasteiger partial charge is 0.480 e. The van der Waals surface area contributed by atoms with Gasteiger partial charge in [-0.05, 0) is 0 Å². The minimum atomic E-state index is -1.18. The van der Waals surface area contributed by atoms with Crippen LogP contribution in [0.1, 0.15) is 16.8 Å². The van der Waals surface area contributed by atoms with E-state index in [2.05, 4.69) is 15.5 Å². The van der Waals surface area contributed by atoms with Gasteiger partial charge in [-0.15, -0.1) is 0 Å². The Morgan fingerprint density at radius 3 is 2.80 bits per heavy atom. The van der Waals surface area contributed by atoms with Gasteiger partial charge in [0.2, 0.25) is 0 Å². The van der Waals surface area contributed by atoms with Crippen molar-refractivity contribution in [3.63, 3.8) is 0 Å². The van der Waals surface area contributed by atoms with Crippen LogP contribution in [0.15, 0.2) is 12.4 Å². The number of hydrogen-bond donors (Lipinski definition) is 4. The van der Waals surface area contributed by atoms with Gasteiger partial charge in [0.15, 0.2) is 0 Å². The number of carbonyl (C=O) groups excluding carboxylic acids is 1. The molecule has 0 spiro atoms. The van der Waals surface area contributed by atoms with Crippen molar-refractivity contribution in [3.8, 4) is 0 Å². The molecule has 1 atom stereocenters. The fourth-order valence-corrected chi connectivity index (χ4v) is 1.00. The number of aliphatic hydroxyl groups is 1. The van der Waals surface area contributed by atoms with E-state index in [-0.39, 0.29) is 18.6 Å². The summed E-state index contributed by atoms with van der Waals surface area (Å²) in [4.78, 5) is 22.0. The molecule has 0 radical (unpaired) electrons. The summed E-state index contributed by atoms with van der Waals surface area (Å²) in [5.41, 5.74) is 0.249. The first-order valence-corrected chi connectivity index (χ1v) is 4.28. The lowest BCUT2D eigenvalue weighted by atomic mass is 10.2. The van der Waals surface area contributed by atoms with E-state index in [0.717, 1.165) is 0 Å². The summed E-state index contributed by atoms with van der Waals surface area (Å²) in [5.74, 6) is -1.72. The summed E-state index contributed by atoms with van der Waals surface area (Å²) in [7, 11) is 0. The van der Waals surface area contributed by atoms with Gasteiger partial charge in [-0.3, -0.25) is 9.89 Å². The number of nitrogens with zero attached hydrogens (tertiary/aromatic N) is 1. The van der Waals surface area contributed by atoms with Crippen LogP contribution in [0.4, 0.5) is 0 Å². The number of aliphatic carboxylic acids is 1. The summed E-state index contributed by atoms with van der Waals surface area (Å²) in [5, 5.41) is 25.6. The lowest BCUT2D eigenvalue weighted by Crippen LogP contribution is -2.41. The third kappa shape index (κ3) is 3.06. The van der Waals surface area contributed by atoms with Crippen molar-refractivity contribution in [3.05, 3.63) is 18.0 Å². The van der Waals surface area contributed by atoms with Gasteiger partial charge in [-0.2, -0.15) is 5.10 Å². The normalized spacial score (nSPS) is 12.1. The standard InChI is InChI=1S/C8H11N3O4/c12-2-1-6(8(14)15)11-7(13)5-3-9-10-4-5/h3-4,6,12H,1-2H2,(H,9,10)(H,11,13)(H,14,15). The van der Waals surface area contributed by atoms with Crippen molar-refractivity contribution >= 4 is 11.9 Å². The molecule has 15 heavy (non-hydrogen) atoms. The Balaban J connectivity index is 2.59. The topological polar surface area (TPSA) is 115 Å². The number of aliphatic hydroxyl groups excluding tert-OH is 1. The Morgan fingerprint density at radius 1 is 1.60 bits per heavy atom. The van der Waals surface area contributed by atoms with E-state index in [1.54, 1.807) is 0 Å². The van der Waals surface area contributed by atoms with Crippen LogP contribution in [0.2, 0.25) is 0 Å². The summed E-state index contributed by atoms with van der Waals surface area (Å²) < 4.78 is 0. The number of hydrogen-bond acceptors (Lipinski definition) is 4. The number of aromatic nitrogens is 2. The quantitative estimate of drug-likeness (QED) is 0.499. The van der Waals surface area contributed by atoms with Gasteiger partial charge in [0.05, 0.1) is 11.8 Å². The molecule has 0 fully saturated rings. The number of carboxylic acids is 1. The van der Waals surface area contributed by atoms with E-state index in [0.29, 0.717) is 0 Å². The Morgan fingerprint density at radius 2 is 2.33 bits per heavy atom. The average Bonchev–Trinajstić information content (AvgIpc) is 2.69. The first kappa shape index (κ1) is 11.2. The van der Waals surface area contributed by atoms with Crippen molar-refractivity contribution in [2.24, 2.45) is 0 Å². The Labute approximate surface area is 85.1 Å². The molecule has 0 aliphatic heterocycles. The molecule has 7 nitrogen and oxygen atoms in total. The van der Waals surface area contributed by atoms with E-state index < -0.39 is 17.9 Å². The zero-order chi connectivity index (χ0) is 11.3. The second kappa shape index (κ2) is 5.11. The first-order valence-electron chi connectivity index (χ1n) is 4.28. The van der Waals surface area contributed by atoms with Crippen LogP contribution >= 0.6 is 0 Å². The molecule has 82 valence electrons. The average molecular weight is 213 g/mol. The molecule has 0 aliphatic carbocycles. The molecule has 1 aromatic rings. The van der Waals surface area contributed by atoms with Crippen LogP contribution in [0.5, 0.6) is 0 Å².